The monoisotopic (exact) mass is 436 g/mol. The van der Waals surface area contributed by atoms with E-state index in [9.17, 15) is 4.79 Å². The first-order valence-electron chi connectivity index (χ1n) is 9.45. The number of hydrogen-bond donors (Lipinski definition) is 1. The summed E-state index contributed by atoms with van der Waals surface area (Å²) in [5.74, 6) is 0.734. The van der Waals surface area contributed by atoms with Crippen LogP contribution in [0.15, 0.2) is 36.4 Å². The van der Waals surface area contributed by atoms with E-state index in [1.807, 2.05) is 49.3 Å². The maximum absolute atomic E-state index is 12.5. The minimum absolute atomic E-state index is 0.0332. The van der Waals surface area contributed by atoms with Gasteiger partial charge in [0.25, 0.3) is 0 Å². The molecule has 1 aliphatic rings. The van der Waals surface area contributed by atoms with Crippen molar-refractivity contribution in [1.29, 1.82) is 0 Å². The molecule has 1 amide bonds. The molecule has 1 fully saturated rings. The Balaban J connectivity index is 1.55. The van der Waals surface area contributed by atoms with E-state index in [1.54, 1.807) is 13.2 Å². The fourth-order valence-corrected chi connectivity index (χ4v) is 3.82. The molecule has 29 heavy (non-hydrogen) atoms. The van der Waals surface area contributed by atoms with Gasteiger partial charge < -0.3 is 19.9 Å². The number of amides is 1. The van der Waals surface area contributed by atoms with E-state index >= 15 is 0 Å². The summed E-state index contributed by atoms with van der Waals surface area (Å²) in [6.07, 6.45) is 0. The highest BCUT2D eigenvalue weighted by molar-refractivity contribution is 6.43. The van der Waals surface area contributed by atoms with E-state index in [0.29, 0.717) is 16.6 Å². The number of rotatable bonds is 6. The molecule has 0 spiro atoms. The fourth-order valence-electron chi connectivity index (χ4n) is 3.40. The van der Waals surface area contributed by atoms with Gasteiger partial charge in [-0.15, -0.1) is 0 Å². The standard InChI is InChI=1S/C21H26Cl2N4O2/c1-25(2)18-13-15(7-8-19(18)29-3)24-20(28)14-26-9-11-27(12-10-26)17-6-4-5-16(22)21(17)23/h4-8,13H,9-12,14H2,1-3H3,(H,24,28). The van der Waals surface area contributed by atoms with E-state index in [0.717, 1.165) is 49.0 Å². The lowest BCUT2D eigenvalue weighted by molar-refractivity contribution is -0.117. The smallest absolute Gasteiger partial charge is 0.238 e. The van der Waals surface area contributed by atoms with Gasteiger partial charge in [-0.1, -0.05) is 29.3 Å². The second-order valence-corrected chi connectivity index (χ2v) is 7.95. The molecule has 3 rings (SSSR count). The second-order valence-electron chi connectivity index (χ2n) is 7.17. The SMILES string of the molecule is COc1ccc(NC(=O)CN2CCN(c3cccc(Cl)c3Cl)CC2)cc1N(C)C. The molecule has 6 nitrogen and oxygen atoms in total. The molecular weight excluding hydrogens is 411 g/mol. The molecule has 0 aliphatic carbocycles. The topological polar surface area (TPSA) is 48.1 Å². The Hall–Kier alpha value is -2.15. The van der Waals surface area contributed by atoms with Crippen LogP contribution >= 0.6 is 23.2 Å². The van der Waals surface area contributed by atoms with Gasteiger partial charge in [0, 0.05) is 46.0 Å². The average Bonchev–Trinajstić information content (AvgIpc) is 2.70. The lowest BCUT2D eigenvalue weighted by atomic mass is 10.2. The van der Waals surface area contributed by atoms with Crippen molar-refractivity contribution in [3.05, 3.63) is 46.4 Å². The van der Waals surface area contributed by atoms with Gasteiger partial charge in [-0.05, 0) is 30.3 Å². The average molecular weight is 437 g/mol. The van der Waals surface area contributed by atoms with E-state index in [1.165, 1.54) is 0 Å². The zero-order valence-electron chi connectivity index (χ0n) is 16.9. The quantitative estimate of drug-likeness (QED) is 0.745. The van der Waals surface area contributed by atoms with Gasteiger partial charge in [-0.25, -0.2) is 0 Å². The van der Waals surface area contributed by atoms with Crippen LogP contribution in [0.1, 0.15) is 0 Å². The number of carbonyl (C=O) groups is 1. The number of hydrogen-bond acceptors (Lipinski definition) is 5. The minimum Gasteiger partial charge on any atom is -0.495 e. The van der Waals surface area contributed by atoms with Crippen LogP contribution in [0.25, 0.3) is 0 Å². The van der Waals surface area contributed by atoms with Crippen LogP contribution in [0.2, 0.25) is 10.0 Å². The molecule has 0 aromatic heterocycles. The molecular formula is C21H26Cl2N4O2. The van der Waals surface area contributed by atoms with Crippen LogP contribution < -0.4 is 19.9 Å². The summed E-state index contributed by atoms with van der Waals surface area (Å²) < 4.78 is 5.37. The van der Waals surface area contributed by atoms with Crippen LogP contribution in [0.4, 0.5) is 17.1 Å². The number of piperazine rings is 1. The van der Waals surface area contributed by atoms with Gasteiger partial charge in [-0.2, -0.15) is 0 Å². The van der Waals surface area contributed by atoms with Crippen molar-refractivity contribution in [1.82, 2.24) is 4.90 Å². The van der Waals surface area contributed by atoms with Crippen LogP contribution in [0.5, 0.6) is 5.75 Å². The van der Waals surface area contributed by atoms with Gasteiger partial charge >= 0.3 is 0 Å². The van der Waals surface area contributed by atoms with E-state index in [-0.39, 0.29) is 5.91 Å². The van der Waals surface area contributed by atoms with Crippen molar-refractivity contribution >= 4 is 46.2 Å². The number of carbonyl (C=O) groups excluding carboxylic acids is 1. The minimum atomic E-state index is -0.0332. The first kappa shape index (κ1) is 21.6. The van der Waals surface area contributed by atoms with Crippen molar-refractivity contribution < 1.29 is 9.53 Å². The van der Waals surface area contributed by atoms with Gasteiger partial charge in [0.05, 0.1) is 35.1 Å². The summed E-state index contributed by atoms with van der Waals surface area (Å²) in [5.41, 5.74) is 2.61. The van der Waals surface area contributed by atoms with E-state index in [2.05, 4.69) is 15.1 Å². The normalized spacial score (nSPS) is 14.6. The van der Waals surface area contributed by atoms with Crippen LogP contribution in [-0.4, -0.2) is 64.7 Å². The summed E-state index contributed by atoms with van der Waals surface area (Å²) in [6, 6.07) is 11.3. The Morgan fingerprint density at radius 2 is 1.86 bits per heavy atom. The molecule has 0 bridgehead atoms. The summed E-state index contributed by atoms with van der Waals surface area (Å²) in [5, 5.41) is 4.12. The van der Waals surface area contributed by atoms with Crippen molar-refractivity contribution in [2.24, 2.45) is 0 Å². The molecule has 1 aliphatic heterocycles. The van der Waals surface area contributed by atoms with E-state index in [4.69, 9.17) is 27.9 Å². The Morgan fingerprint density at radius 3 is 2.52 bits per heavy atom. The number of nitrogens with one attached hydrogen (secondary N) is 1. The number of ether oxygens (including phenoxy) is 1. The highest BCUT2D eigenvalue weighted by atomic mass is 35.5. The van der Waals surface area contributed by atoms with Gasteiger partial charge in [0.1, 0.15) is 5.75 Å². The summed E-state index contributed by atoms with van der Waals surface area (Å²) in [4.78, 5) is 18.8. The highest BCUT2D eigenvalue weighted by Crippen LogP contribution is 2.33. The van der Waals surface area contributed by atoms with Crippen LogP contribution in [0, 0.1) is 0 Å². The molecule has 2 aromatic rings. The number of anilines is 3. The zero-order chi connectivity index (χ0) is 21.0. The maximum Gasteiger partial charge on any atom is 0.238 e. The molecule has 2 aromatic carbocycles. The predicted octanol–water partition coefficient (Wildman–Crippen LogP) is 3.83. The van der Waals surface area contributed by atoms with Crippen molar-refractivity contribution in [3.63, 3.8) is 0 Å². The Morgan fingerprint density at radius 1 is 1.14 bits per heavy atom. The lowest BCUT2D eigenvalue weighted by Gasteiger charge is -2.36. The molecule has 0 saturated carbocycles. The molecule has 0 unspecified atom stereocenters. The Bertz CT molecular complexity index is 868. The first-order chi connectivity index (χ1) is 13.9. The van der Waals surface area contributed by atoms with Crippen LogP contribution in [0.3, 0.4) is 0 Å². The first-order valence-corrected chi connectivity index (χ1v) is 10.2. The van der Waals surface area contributed by atoms with Crippen molar-refractivity contribution in [2.45, 2.75) is 0 Å². The molecule has 156 valence electrons. The number of halogens is 2. The summed E-state index contributed by atoms with van der Waals surface area (Å²) >= 11 is 12.5. The zero-order valence-corrected chi connectivity index (χ0v) is 18.4. The Kier molecular flexibility index (Phi) is 7.11. The number of nitrogens with zero attached hydrogens (tertiary/aromatic N) is 3. The molecule has 1 N–H and O–H groups in total. The highest BCUT2D eigenvalue weighted by Gasteiger charge is 2.21. The molecule has 1 heterocycles. The van der Waals surface area contributed by atoms with Gasteiger partial charge in [0.15, 0.2) is 0 Å². The number of benzene rings is 2. The van der Waals surface area contributed by atoms with Gasteiger partial charge in [-0.3, -0.25) is 9.69 Å². The molecule has 0 atom stereocenters. The second kappa shape index (κ2) is 9.57. The predicted molar refractivity (Wildman–Crippen MR) is 121 cm³/mol. The Labute approximate surface area is 181 Å². The molecule has 8 heteroatoms. The third kappa shape index (κ3) is 5.26. The fraction of sp³-hybridized carbons (Fsp3) is 0.381. The largest absolute Gasteiger partial charge is 0.495 e. The van der Waals surface area contributed by atoms with E-state index < -0.39 is 0 Å². The third-order valence-electron chi connectivity index (χ3n) is 4.96. The lowest BCUT2D eigenvalue weighted by Crippen LogP contribution is -2.48. The van der Waals surface area contributed by atoms with Crippen molar-refractivity contribution in [2.75, 3.05) is 69.0 Å². The van der Waals surface area contributed by atoms with Gasteiger partial charge in [0.2, 0.25) is 5.91 Å². The third-order valence-corrected chi connectivity index (χ3v) is 5.76. The summed E-state index contributed by atoms with van der Waals surface area (Å²) in [7, 11) is 5.51. The molecule has 1 saturated heterocycles. The maximum atomic E-state index is 12.5. The number of methoxy groups -OCH3 is 1. The molecule has 0 radical (unpaired) electrons. The van der Waals surface area contributed by atoms with Crippen LogP contribution in [-0.2, 0) is 4.79 Å². The van der Waals surface area contributed by atoms with Crippen molar-refractivity contribution in [3.8, 4) is 5.75 Å². The summed E-state index contributed by atoms with van der Waals surface area (Å²) in [6.45, 7) is 3.49.